The van der Waals surface area contributed by atoms with Crippen LogP contribution in [0.3, 0.4) is 0 Å². The predicted octanol–water partition coefficient (Wildman–Crippen LogP) is 3.17. The second kappa shape index (κ2) is 6.52. The molecular formula is C17H19N3O2S. The van der Waals surface area contributed by atoms with Gasteiger partial charge in [-0.15, -0.1) is 0 Å². The summed E-state index contributed by atoms with van der Waals surface area (Å²) < 4.78 is 1.42. The molecule has 0 fully saturated rings. The quantitative estimate of drug-likeness (QED) is 0.916. The highest BCUT2D eigenvalue weighted by Crippen LogP contribution is 2.34. The van der Waals surface area contributed by atoms with Gasteiger partial charge in [-0.3, -0.25) is 19.3 Å². The van der Waals surface area contributed by atoms with Crippen LogP contribution in [0.1, 0.15) is 24.3 Å². The first-order valence-corrected chi connectivity index (χ1v) is 8.45. The number of benzene rings is 1. The molecule has 0 aliphatic carbocycles. The van der Waals surface area contributed by atoms with Crippen molar-refractivity contribution >= 4 is 34.9 Å². The van der Waals surface area contributed by atoms with Crippen LogP contribution in [0, 0.1) is 0 Å². The number of fused-ring (bicyclic) bond motifs is 1. The highest BCUT2D eigenvalue weighted by molar-refractivity contribution is 7.10. The predicted molar refractivity (Wildman–Crippen MR) is 95.6 cm³/mol. The average molecular weight is 329 g/mol. The van der Waals surface area contributed by atoms with Gasteiger partial charge >= 0.3 is 4.87 Å². The van der Waals surface area contributed by atoms with Crippen LogP contribution in [-0.4, -0.2) is 33.9 Å². The molecule has 0 amide bonds. The zero-order valence-corrected chi connectivity index (χ0v) is 14.0. The summed E-state index contributed by atoms with van der Waals surface area (Å²) in [5.74, 6) is 0.0252. The minimum Gasteiger partial charge on any atom is -0.493 e. The smallest absolute Gasteiger partial charge is 0.311 e. The van der Waals surface area contributed by atoms with Gasteiger partial charge in [0.25, 0.3) is 0 Å². The van der Waals surface area contributed by atoms with Crippen molar-refractivity contribution in [2.75, 3.05) is 13.1 Å². The van der Waals surface area contributed by atoms with Gasteiger partial charge in [-0.2, -0.15) is 0 Å². The van der Waals surface area contributed by atoms with Crippen molar-refractivity contribution in [3.05, 3.63) is 44.4 Å². The van der Waals surface area contributed by atoms with Crippen LogP contribution in [0.5, 0.6) is 5.88 Å². The van der Waals surface area contributed by atoms with Crippen molar-refractivity contribution in [2.24, 2.45) is 4.99 Å². The minimum absolute atomic E-state index is 0.0252. The molecule has 0 bridgehead atoms. The second-order valence-corrected chi connectivity index (χ2v) is 6.30. The van der Waals surface area contributed by atoms with E-state index in [2.05, 4.69) is 9.89 Å². The van der Waals surface area contributed by atoms with Gasteiger partial charge in [0, 0.05) is 17.4 Å². The molecular weight excluding hydrogens is 310 g/mol. The SMILES string of the molecule is CCN(CC)Cn1c(O)c(/C=C2\C=Nc3ccccc32)sc1=O. The molecule has 3 rings (SSSR count). The van der Waals surface area contributed by atoms with Gasteiger partial charge in [-0.05, 0) is 25.2 Å². The lowest BCUT2D eigenvalue weighted by molar-refractivity contribution is 0.226. The van der Waals surface area contributed by atoms with Gasteiger partial charge in [0.2, 0.25) is 5.88 Å². The van der Waals surface area contributed by atoms with E-state index in [1.54, 1.807) is 6.21 Å². The molecule has 1 aromatic heterocycles. The molecule has 2 heterocycles. The Morgan fingerprint density at radius 3 is 2.78 bits per heavy atom. The van der Waals surface area contributed by atoms with Crippen LogP contribution in [0.2, 0.25) is 0 Å². The van der Waals surface area contributed by atoms with E-state index in [4.69, 9.17) is 0 Å². The summed E-state index contributed by atoms with van der Waals surface area (Å²) in [6, 6.07) is 7.83. The number of aromatic hydroxyl groups is 1. The Labute approximate surface area is 138 Å². The fraction of sp³-hybridized carbons (Fsp3) is 0.294. The fourth-order valence-electron chi connectivity index (χ4n) is 2.55. The normalized spacial score (nSPS) is 14.8. The van der Waals surface area contributed by atoms with E-state index < -0.39 is 0 Å². The van der Waals surface area contributed by atoms with Crippen molar-refractivity contribution < 1.29 is 5.11 Å². The summed E-state index contributed by atoms with van der Waals surface area (Å²) >= 11 is 1.06. The van der Waals surface area contributed by atoms with Gasteiger partial charge in [-0.1, -0.05) is 43.4 Å². The lowest BCUT2D eigenvalue weighted by Crippen LogP contribution is -2.29. The van der Waals surface area contributed by atoms with E-state index in [-0.39, 0.29) is 10.8 Å². The van der Waals surface area contributed by atoms with Crippen LogP contribution >= 0.6 is 11.3 Å². The zero-order chi connectivity index (χ0) is 16.4. The highest BCUT2D eigenvalue weighted by Gasteiger charge is 2.17. The molecule has 1 N–H and O–H groups in total. The number of para-hydroxylation sites is 1. The fourth-order valence-corrected chi connectivity index (χ4v) is 3.38. The Bertz CT molecular complexity index is 829. The molecule has 0 unspecified atom stereocenters. The highest BCUT2D eigenvalue weighted by atomic mass is 32.1. The Kier molecular flexibility index (Phi) is 4.45. The number of hydrogen-bond donors (Lipinski definition) is 1. The Morgan fingerprint density at radius 1 is 1.30 bits per heavy atom. The summed E-state index contributed by atoms with van der Waals surface area (Å²) in [5.41, 5.74) is 2.84. The Morgan fingerprint density at radius 2 is 2.04 bits per heavy atom. The number of rotatable bonds is 5. The monoisotopic (exact) mass is 329 g/mol. The summed E-state index contributed by atoms with van der Waals surface area (Å²) in [4.78, 5) is 19.0. The number of aromatic nitrogens is 1. The van der Waals surface area contributed by atoms with Crippen molar-refractivity contribution in [2.45, 2.75) is 20.5 Å². The van der Waals surface area contributed by atoms with Crippen molar-refractivity contribution in [3.8, 4) is 5.88 Å². The molecule has 2 aromatic rings. The third kappa shape index (κ3) is 3.00. The first-order chi connectivity index (χ1) is 11.1. The van der Waals surface area contributed by atoms with Gasteiger partial charge in [-0.25, -0.2) is 0 Å². The van der Waals surface area contributed by atoms with Crippen LogP contribution in [0.25, 0.3) is 11.6 Å². The van der Waals surface area contributed by atoms with Crippen LogP contribution in [0.4, 0.5) is 5.69 Å². The molecule has 1 aliphatic heterocycles. The van der Waals surface area contributed by atoms with E-state index in [1.807, 2.05) is 44.2 Å². The van der Waals surface area contributed by atoms with Crippen molar-refractivity contribution in [3.63, 3.8) is 0 Å². The van der Waals surface area contributed by atoms with E-state index in [0.717, 1.165) is 41.3 Å². The molecule has 0 radical (unpaired) electrons. The second-order valence-electron chi connectivity index (χ2n) is 5.30. The van der Waals surface area contributed by atoms with Gasteiger partial charge in [0.1, 0.15) is 0 Å². The molecule has 1 aliphatic rings. The lowest BCUT2D eigenvalue weighted by Gasteiger charge is -2.18. The van der Waals surface area contributed by atoms with Crippen LogP contribution < -0.4 is 4.87 Å². The molecule has 0 spiro atoms. The van der Waals surface area contributed by atoms with E-state index in [1.165, 1.54) is 4.57 Å². The van der Waals surface area contributed by atoms with Gasteiger partial charge in [0.15, 0.2) is 0 Å². The maximum absolute atomic E-state index is 12.2. The summed E-state index contributed by atoms with van der Waals surface area (Å²) in [7, 11) is 0. The molecule has 23 heavy (non-hydrogen) atoms. The van der Waals surface area contributed by atoms with Crippen LogP contribution in [0.15, 0.2) is 34.1 Å². The molecule has 120 valence electrons. The number of aliphatic imine (C=N–C) groups is 1. The van der Waals surface area contributed by atoms with Crippen molar-refractivity contribution in [1.82, 2.24) is 9.47 Å². The molecule has 6 heteroatoms. The van der Waals surface area contributed by atoms with Crippen molar-refractivity contribution in [1.29, 1.82) is 0 Å². The maximum atomic E-state index is 12.2. The number of hydrogen-bond acceptors (Lipinski definition) is 5. The zero-order valence-electron chi connectivity index (χ0n) is 13.2. The third-order valence-corrected chi connectivity index (χ3v) is 4.89. The molecule has 0 saturated carbocycles. The number of nitrogens with zero attached hydrogens (tertiary/aromatic N) is 3. The largest absolute Gasteiger partial charge is 0.493 e. The Hall–Kier alpha value is -2.18. The van der Waals surface area contributed by atoms with Crippen LogP contribution in [-0.2, 0) is 6.67 Å². The summed E-state index contributed by atoms with van der Waals surface area (Å²) in [5, 5.41) is 10.4. The van der Waals surface area contributed by atoms with E-state index in [9.17, 15) is 9.90 Å². The van der Waals surface area contributed by atoms with Gasteiger partial charge in [0.05, 0.1) is 17.2 Å². The lowest BCUT2D eigenvalue weighted by atomic mass is 10.1. The first kappa shape index (κ1) is 15.7. The third-order valence-electron chi connectivity index (χ3n) is 3.97. The van der Waals surface area contributed by atoms with E-state index in [0.29, 0.717) is 11.5 Å². The average Bonchev–Trinajstić information content (AvgIpc) is 3.08. The summed E-state index contributed by atoms with van der Waals surface area (Å²) in [6.45, 7) is 6.13. The van der Waals surface area contributed by atoms with E-state index >= 15 is 0 Å². The number of allylic oxidation sites excluding steroid dienone is 1. The maximum Gasteiger partial charge on any atom is 0.311 e. The number of thiazole rings is 1. The topological polar surface area (TPSA) is 57.8 Å². The molecule has 0 atom stereocenters. The molecule has 5 nitrogen and oxygen atoms in total. The Balaban J connectivity index is 1.96. The summed E-state index contributed by atoms with van der Waals surface area (Å²) in [6.07, 6.45) is 3.60. The molecule has 0 saturated heterocycles. The molecule has 1 aromatic carbocycles. The minimum atomic E-state index is -0.149. The first-order valence-electron chi connectivity index (χ1n) is 7.64. The standard InChI is InChI=1S/C17H19N3O2S/c1-3-19(4-2)11-20-16(21)15(23-17(20)22)9-12-10-18-14-8-6-5-7-13(12)14/h5-10,21H,3-4,11H2,1-2H3/b12-9+. The van der Waals surface area contributed by atoms with Gasteiger partial charge < -0.3 is 5.11 Å².